The van der Waals surface area contributed by atoms with Crippen molar-refractivity contribution in [3.8, 4) is 5.75 Å². The molecule has 1 fully saturated rings. The molecule has 0 saturated heterocycles. The highest BCUT2D eigenvalue weighted by atomic mass is 16.5. The minimum atomic E-state index is -0.117. The van der Waals surface area contributed by atoms with Gasteiger partial charge in [-0.05, 0) is 43.5 Å². The summed E-state index contributed by atoms with van der Waals surface area (Å²) in [6.07, 6.45) is 4.16. The van der Waals surface area contributed by atoms with E-state index < -0.39 is 0 Å². The second-order valence-corrected chi connectivity index (χ2v) is 6.91. The molecule has 1 atom stereocenters. The van der Waals surface area contributed by atoms with Gasteiger partial charge in [-0.2, -0.15) is 0 Å². The van der Waals surface area contributed by atoms with Crippen molar-refractivity contribution in [3.05, 3.63) is 47.7 Å². The van der Waals surface area contributed by atoms with Gasteiger partial charge in [0.2, 0.25) is 0 Å². The lowest BCUT2D eigenvalue weighted by Crippen LogP contribution is -2.36. The fourth-order valence-corrected chi connectivity index (χ4v) is 3.36. The van der Waals surface area contributed by atoms with Gasteiger partial charge in [-0.25, -0.2) is 4.98 Å². The van der Waals surface area contributed by atoms with E-state index in [2.05, 4.69) is 20.5 Å². The number of ether oxygens (including phenoxy) is 1. The lowest BCUT2D eigenvalue weighted by atomic mass is 10.1. The molecule has 1 amide bonds. The zero-order valence-corrected chi connectivity index (χ0v) is 17.2. The molecule has 1 aromatic heterocycles. The summed E-state index contributed by atoms with van der Waals surface area (Å²) in [6.45, 7) is 7.84. The summed E-state index contributed by atoms with van der Waals surface area (Å²) in [5.74, 6) is 1.66. The van der Waals surface area contributed by atoms with Crippen LogP contribution in [0.15, 0.2) is 36.5 Å². The molecule has 0 spiro atoms. The highest BCUT2D eigenvalue weighted by Gasteiger charge is 2.33. The van der Waals surface area contributed by atoms with E-state index in [1.54, 1.807) is 13.3 Å². The average molecular weight is 383 g/mol. The molecule has 1 aromatic carbocycles. The molecule has 2 aromatic rings. The van der Waals surface area contributed by atoms with Crippen molar-refractivity contribution in [2.75, 3.05) is 30.4 Å². The number of rotatable bonds is 5. The lowest BCUT2D eigenvalue weighted by molar-refractivity contribution is 0.0939. The number of pyridine rings is 1. The third kappa shape index (κ3) is 4.38. The van der Waals surface area contributed by atoms with Crippen LogP contribution < -0.4 is 20.3 Å². The first-order valence-electron chi connectivity index (χ1n) is 10.1. The van der Waals surface area contributed by atoms with Gasteiger partial charge in [-0.1, -0.05) is 26.0 Å². The predicted octanol–water partition coefficient (Wildman–Crippen LogP) is 4.00. The molecule has 0 bridgehead atoms. The number of aromatic nitrogens is 1. The van der Waals surface area contributed by atoms with E-state index in [0.717, 1.165) is 35.9 Å². The molecular weight excluding hydrogens is 352 g/mol. The van der Waals surface area contributed by atoms with Crippen LogP contribution in [-0.4, -0.2) is 37.1 Å². The number of carbonyl (C=O) groups excluding carboxylic acids is 1. The van der Waals surface area contributed by atoms with Crippen molar-refractivity contribution < 1.29 is 9.53 Å². The standard InChI is InChI=1S/C20H24N4O2.C2H6/c1-13(14-3-7-17(26-2)8-4-14)23-20(25)15-11-18-19(22-12-15)24(10-9-21-18)16-5-6-16;1-2/h3-4,7-8,11-13,16,21H,5-6,9-10H2,1-2H3,(H,23,25);1-2H3. The number of hydrogen-bond acceptors (Lipinski definition) is 5. The summed E-state index contributed by atoms with van der Waals surface area (Å²) < 4.78 is 5.18. The molecule has 2 heterocycles. The summed E-state index contributed by atoms with van der Waals surface area (Å²) in [5.41, 5.74) is 2.56. The van der Waals surface area contributed by atoms with Gasteiger partial charge in [0.25, 0.3) is 5.91 Å². The quantitative estimate of drug-likeness (QED) is 0.818. The van der Waals surface area contributed by atoms with Crippen LogP contribution in [0.3, 0.4) is 0 Å². The molecule has 2 aliphatic rings. The van der Waals surface area contributed by atoms with Gasteiger partial charge >= 0.3 is 0 Å². The van der Waals surface area contributed by atoms with Crippen molar-refractivity contribution >= 4 is 17.4 Å². The van der Waals surface area contributed by atoms with E-state index in [9.17, 15) is 4.79 Å². The van der Waals surface area contributed by atoms with Crippen molar-refractivity contribution in [2.45, 2.75) is 45.7 Å². The summed E-state index contributed by atoms with van der Waals surface area (Å²) in [7, 11) is 1.64. The topological polar surface area (TPSA) is 66.5 Å². The van der Waals surface area contributed by atoms with Crippen molar-refractivity contribution in [2.24, 2.45) is 0 Å². The van der Waals surface area contributed by atoms with Crippen molar-refractivity contribution in [1.29, 1.82) is 0 Å². The van der Waals surface area contributed by atoms with Gasteiger partial charge < -0.3 is 20.3 Å². The van der Waals surface area contributed by atoms with Crippen LogP contribution in [0.2, 0.25) is 0 Å². The molecule has 28 heavy (non-hydrogen) atoms. The maximum atomic E-state index is 12.6. The Labute approximate surface area is 167 Å². The number of methoxy groups -OCH3 is 1. The predicted molar refractivity (Wildman–Crippen MR) is 113 cm³/mol. The monoisotopic (exact) mass is 382 g/mol. The van der Waals surface area contributed by atoms with Crippen LogP contribution in [0, 0.1) is 0 Å². The Bertz CT molecular complexity index is 803. The van der Waals surface area contributed by atoms with E-state index in [0.29, 0.717) is 11.6 Å². The van der Waals surface area contributed by atoms with Crippen LogP contribution in [0.25, 0.3) is 0 Å². The minimum absolute atomic E-state index is 0.0969. The molecule has 6 nitrogen and oxygen atoms in total. The lowest BCUT2D eigenvalue weighted by Gasteiger charge is -2.31. The smallest absolute Gasteiger partial charge is 0.253 e. The Morgan fingerprint density at radius 3 is 2.64 bits per heavy atom. The van der Waals surface area contributed by atoms with Crippen LogP contribution >= 0.6 is 0 Å². The summed E-state index contributed by atoms with van der Waals surface area (Å²) in [5, 5.41) is 6.41. The third-order valence-electron chi connectivity index (χ3n) is 5.02. The van der Waals surface area contributed by atoms with Gasteiger partial charge in [0.15, 0.2) is 5.82 Å². The number of fused-ring (bicyclic) bond motifs is 1. The van der Waals surface area contributed by atoms with E-state index >= 15 is 0 Å². The second kappa shape index (κ2) is 8.95. The zero-order valence-electron chi connectivity index (χ0n) is 17.2. The van der Waals surface area contributed by atoms with Crippen LogP contribution in [-0.2, 0) is 0 Å². The van der Waals surface area contributed by atoms with Crippen molar-refractivity contribution in [1.82, 2.24) is 10.3 Å². The Morgan fingerprint density at radius 1 is 1.29 bits per heavy atom. The van der Waals surface area contributed by atoms with Crippen molar-refractivity contribution in [3.63, 3.8) is 0 Å². The molecular formula is C22H30N4O2. The first kappa shape index (κ1) is 20.0. The maximum Gasteiger partial charge on any atom is 0.253 e. The second-order valence-electron chi connectivity index (χ2n) is 6.91. The highest BCUT2D eigenvalue weighted by Crippen LogP contribution is 2.36. The number of hydrogen-bond donors (Lipinski definition) is 2. The molecule has 150 valence electrons. The summed E-state index contributed by atoms with van der Waals surface area (Å²) in [6, 6.07) is 10.2. The van der Waals surface area contributed by atoms with Gasteiger partial charge in [-0.3, -0.25) is 4.79 Å². The zero-order chi connectivity index (χ0) is 20.1. The molecule has 2 N–H and O–H groups in total. The molecule has 1 aliphatic heterocycles. The molecule has 4 rings (SSSR count). The van der Waals surface area contributed by atoms with Gasteiger partial charge in [0.1, 0.15) is 5.75 Å². The number of anilines is 2. The fourth-order valence-electron chi connectivity index (χ4n) is 3.36. The first-order chi connectivity index (χ1) is 13.7. The number of amides is 1. The third-order valence-corrected chi connectivity index (χ3v) is 5.02. The molecule has 1 unspecified atom stereocenters. The van der Waals surface area contributed by atoms with Crippen LogP contribution in [0.4, 0.5) is 11.5 Å². The minimum Gasteiger partial charge on any atom is -0.497 e. The average Bonchev–Trinajstić information content (AvgIpc) is 3.59. The summed E-state index contributed by atoms with van der Waals surface area (Å²) >= 11 is 0. The number of nitrogens with zero attached hydrogens (tertiary/aromatic N) is 2. The summed E-state index contributed by atoms with van der Waals surface area (Å²) in [4.78, 5) is 19.6. The molecule has 1 saturated carbocycles. The van der Waals surface area contributed by atoms with Gasteiger partial charge in [0.05, 0.1) is 24.4 Å². The highest BCUT2D eigenvalue weighted by molar-refractivity contribution is 5.96. The Kier molecular flexibility index (Phi) is 6.39. The van der Waals surface area contributed by atoms with E-state index in [1.807, 2.05) is 51.1 Å². The Balaban J connectivity index is 0.00000109. The van der Waals surface area contributed by atoms with Crippen LogP contribution in [0.1, 0.15) is 55.6 Å². The molecule has 0 radical (unpaired) electrons. The van der Waals surface area contributed by atoms with Crippen LogP contribution in [0.5, 0.6) is 5.75 Å². The van der Waals surface area contributed by atoms with Gasteiger partial charge in [-0.15, -0.1) is 0 Å². The fraction of sp³-hybridized carbons (Fsp3) is 0.455. The SMILES string of the molecule is CC.COc1ccc(C(C)NC(=O)c2cnc3c(c2)NCCN3C2CC2)cc1. The normalized spacial score (nSPS) is 16.1. The first-order valence-corrected chi connectivity index (χ1v) is 10.1. The van der Waals surface area contributed by atoms with E-state index in [1.165, 1.54) is 12.8 Å². The Hall–Kier alpha value is -2.76. The van der Waals surface area contributed by atoms with E-state index in [-0.39, 0.29) is 11.9 Å². The van der Waals surface area contributed by atoms with Gasteiger partial charge in [0, 0.05) is 25.3 Å². The maximum absolute atomic E-state index is 12.6. The Morgan fingerprint density at radius 2 is 2.00 bits per heavy atom. The number of carbonyl (C=O) groups is 1. The molecule has 1 aliphatic carbocycles. The number of benzene rings is 1. The van der Waals surface area contributed by atoms with E-state index in [4.69, 9.17) is 4.74 Å². The largest absolute Gasteiger partial charge is 0.497 e. The molecule has 6 heteroatoms. The number of nitrogens with one attached hydrogen (secondary N) is 2.